The van der Waals surface area contributed by atoms with Crippen LogP contribution < -0.4 is 10.5 Å². The molecular formula is C12H12N4O2S2. The zero-order chi connectivity index (χ0) is 14.8. The third-order valence-corrected chi connectivity index (χ3v) is 4.15. The van der Waals surface area contributed by atoms with E-state index in [1.54, 1.807) is 13.0 Å². The van der Waals surface area contributed by atoms with Crippen LogP contribution in [0.25, 0.3) is 0 Å². The standard InChI is InChI=1S/C12H12N4O2S2/c1-8-6-9(2-3-10(8)12(13)19)20(17,18)16-11-7-14-4-5-15-11/h2-7H,1H3,(H2,13,19)(H,15,16). The van der Waals surface area contributed by atoms with Crippen molar-refractivity contribution in [2.45, 2.75) is 11.8 Å². The summed E-state index contributed by atoms with van der Waals surface area (Å²) in [6, 6.07) is 4.54. The van der Waals surface area contributed by atoms with Gasteiger partial charge in [-0.15, -0.1) is 0 Å². The molecule has 104 valence electrons. The van der Waals surface area contributed by atoms with Crippen molar-refractivity contribution in [2.75, 3.05) is 4.72 Å². The fourth-order valence-corrected chi connectivity index (χ4v) is 2.93. The highest BCUT2D eigenvalue weighted by molar-refractivity contribution is 7.92. The number of aryl methyl sites for hydroxylation is 1. The Labute approximate surface area is 122 Å². The summed E-state index contributed by atoms with van der Waals surface area (Å²) in [5.41, 5.74) is 6.89. The lowest BCUT2D eigenvalue weighted by Crippen LogP contribution is -2.16. The van der Waals surface area contributed by atoms with Gasteiger partial charge in [0.05, 0.1) is 11.1 Å². The van der Waals surface area contributed by atoms with E-state index in [1.807, 2.05) is 0 Å². The third kappa shape index (κ3) is 3.09. The predicted molar refractivity (Wildman–Crippen MR) is 79.9 cm³/mol. The molecule has 8 heteroatoms. The van der Waals surface area contributed by atoms with Crippen LogP contribution in [-0.2, 0) is 10.0 Å². The number of aromatic nitrogens is 2. The van der Waals surface area contributed by atoms with Gasteiger partial charge in [-0.3, -0.25) is 9.71 Å². The summed E-state index contributed by atoms with van der Waals surface area (Å²) in [4.78, 5) is 8.00. The first-order valence-electron chi connectivity index (χ1n) is 5.59. The molecule has 0 fully saturated rings. The summed E-state index contributed by atoms with van der Waals surface area (Å²) in [6.07, 6.45) is 4.19. The molecule has 2 aromatic rings. The van der Waals surface area contributed by atoms with Gasteiger partial charge in [0.1, 0.15) is 4.99 Å². The molecule has 0 aliphatic rings. The van der Waals surface area contributed by atoms with E-state index >= 15 is 0 Å². The first-order valence-corrected chi connectivity index (χ1v) is 7.48. The van der Waals surface area contributed by atoms with E-state index in [4.69, 9.17) is 18.0 Å². The number of anilines is 1. The van der Waals surface area contributed by atoms with E-state index in [2.05, 4.69) is 14.7 Å². The molecule has 0 amide bonds. The van der Waals surface area contributed by atoms with E-state index in [1.165, 1.54) is 30.7 Å². The van der Waals surface area contributed by atoms with Crippen molar-refractivity contribution in [3.05, 3.63) is 47.9 Å². The number of benzene rings is 1. The van der Waals surface area contributed by atoms with Gasteiger partial charge >= 0.3 is 0 Å². The Balaban J connectivity index is 2.35. The molecule has 0 aliphatic carbocycles. The van der Waals surface area contributed by atoms with Crippen LogP contribution in [0, 0.1) is 6.92 Å². The molecule has 1 aromatic heterocycles. The molecule has 0 saturated heterocycles. The van der Waals surface area contributed by atoms with Crippen LogP contribution in [0.5, 0.6) is 0 Å². The number of nitrogens with one attached hydrogen (secondary N) is 1. The van der Waals surface area contributed by atoms with Crippen molar-refractivity contribution in [1.82, 2.24) is 9.97 Å². The maximum absolute atomic E-state index is 12.2. The fraction of sp³-hybridized carbons (Fsp3) is 0.0833. The third-order valence-electron chi connectivity index (χ3n) is 2.58. The molecule has 20 heavy (non-hydrogen) atoms. The quantitative estimate of drug-likeness (QED) is 0.824. The Bertz CT molecular complexity index is 745. The summed E-state index contributed by atoms with van der Waals surface area (Å²) in [5.74, 6) is 0.156. The van der Waals surface area contributed by atoms with Crippen LogP contribution in [0.2, 0.25) is 0 Å². The maximum Gasteiger partial charge on any atom is 0.263 e. The lowest BCUT2D eigenvalue weighted by Gasteiger charge is -2.09. The van der Waals surface area contributed by atoms with E-state index in [0.29, 0.717) is 11.1 Å². The van der Waals surface area contributed by atoms with Crippen molar-refractivity contribution < 1.29 is 8.42 Å². The van der Waals surface area contributed by atoms with Crippen molar-refractivity contribution in [2.24, 2.45) is 5.73 Å². The number of nitrogens with two attached hydrogens (primary N) is 1. The highest BCUT2D eigenvalue weighted by Gasteiger charge is 2.16. The van der Waals surface area contributed by atoms with Crippen LogP contribution >= 0.6 is 12.2 Å². The Hall–Kier alpha value is -2.06. The largest absolute Gasteiger partial charge is 0.389 e. The van der Waals surface area contributed by atoms with Crippen LogP contribution in [0.15, 0.2) is 41.7 Å². The Morgan fingerprint density at radius 2 is 2.10 bits per heavy atom. The summed E-state index contributed by atoms with van der Waals surface area (Å²) < 4.78 is 26.7. The number of hydrogen-bond acceptors (Lipinski definition) is 5. The van der Waals surface area contributed by atoms with Gasteiger partial charge < -0.3 is 5.73 Å². The second-order valence-corrected chi connectivity index (χ2v) is 6.16. The second-order valence-electron chi connectivity index (χ2n) is 4.04. The number of sulfonamides is 1. The summed E-state index contributed by atoms with van der Waals surface area (Å²) in [5, 5.41) is 0. The van der Waals surface area contributed by atoms with Crippen molar-refractivity contribution in [3.63, 3.8) is 0 Å². The molecule has 0 atom stereocenters. The van der Waals surface area contributed by atoms with Crippen molar-refractivity contribution >= 4 is 33.0 Å². The minimum Gasteiger partial charge on any atom is -0.389 e. The number of nitrogens with zero attached hydrogens (tertiary/aromatic N) is 2. The van der Waals surface area contributed by atoms with Crippen LogP contribution in [0.3, 0.4) is 0 Å². The fourth-order valence-electron chi connectivity index (χ4n) is 1.63. The van der Waals surface area contributed by atoms with Crippen LogP contribution in [-0.4, -0.2) is 23.4 Å². The van der Waals surface area contributed by atoms with Gasteiger partial charge in [-0.1, -0.05) is 18.3 Å². The minimum atomic E-state index is -3.71. The average molecular weight is 308 g/mol. The second kappa shape index (κ2) is 5.51. The summed E-state index contributed by atoms with van der Waals surface area (Å²) in [7, 11) is -3.71. The number of rotatable bonds is 4. The Morgan fingerprint density at radius 3 is 2.65 bits per heavy atom. The normalized spacial score (nSPS) is 11.1. The van der Waals surface area contributed by atoms with Gasteiger partial charge in [-0.2, -0.15) is 0 Å². The molecule has 3 N–H and O–H groups in total. The van der Waals surface area contributed by atoms with E-state index in [-0.39, 0.29) is 15.7 Å². The highest BCUT2D eigenvalue weighted by atomic mass is 32.2. The monoisotopic (exact) mass is 308 g/mol. The topological polar surface area (TPSA) is 98.0 Å². The predicted octanol–water partition coefficient (Wildman–Crippen LogP) is 1.22. The summed E-state index contributed by atoms with van der Waals surface area (Å²) >= 11 is 4.89. The van der Waals surface area contributed by atoms with Gasteiger partial charge in [-0.25, -0.2) is 13.4 Å². The van der Waals surface area contributed by atoms with Crippen LogP contribution in [0.4, 0.5) is 5.82 Å². The van der Waals surface area contributed by atoms with Crippen LogP contribution in [0.1, 0.15) is 11.1 Å². The first-order chi connectivity index (χ1) is 9.40. The zero-order valence-electron chi connectivity index (χ0n) is 10.6. The molecule has 1 heterocycles. The maximum atomic E-state index is 12.2. The molecule has 0 spiro atoms. The van der Waals surface area contributed by atoms with E-state index < -0.39 is 10.0 Å². The molecule has 6 nitrogen and oxygen atoms in total. The molecule has 0 aliphatic heterocycles. The Kier molecular flexibility index (Phi) is 3.96. The SMILES string of the molecule is Cc1cc(S(=O)(=O)Nc2cnccn2)ccc1C(N)=S. The van der Waals surface area contributed by atoms with Gasteiger partial charge in [0.15, 0.2) is 5.82 Å². The smallest absolute Gasteiger partial charge is 0.263 e. The molecule has 0 saturated carbocycles. The average Bonchev–Trinajstić information content (AvgIpc) is 2.38. The molecule has 0 unspecified atom stereocenters. The van der Waals surface area contributed by atoms with Gasteiger partial charge in [-0.05, 0) is 24.6 Å². The van der Waals surface area contributed by atoms with Gasteiger partial charge in [0.2, 0.25) is 0 Å². The van der Waals surface area contributed by atoms with Crippen molar-refractivity contribution in [1.29, 1.82) is 0 Å². The minimum absolute atomic E-state index is 0.112. The Morgan fingerprint density at radius 1 is 1.35 bits per heavy atom. The number of thiocarbonyl (C=S) groups is 1. The van der Waals surface area contributed by atoms with Crippen molar-refractivity contribution in [3.8, 4) is 0 Å². The lowest BCUT2D eigenvalue weighted by molar-refractivity contribution is 0.601. The van der Waals surface area contributed by atoms with Gasteiger partial charge in [0.25, 0.3) is 10.0 Å². The highest BCUT2D eigenvalue weighted by Crippen LogP contribution is 2.17. The number of hydrogen-bond donors (Lipinski definition) is 2. The van der Waals surface area contributed by atoms with E-state index in [0.717, 1.165) is 0 Å². The zero-order valence-corrected chi connectivity index (χ0v) is 12.2. The first kappa shape index (κ1) is 14.4. The molecule has 0 bridgehead atoms. The molecular weight excluding hydrogens is 296 g/mol. The van der Waals surface area contributed by atoms with E-state index in [9.17, 15) is 8.42 Å². The molecule has 2 rings (SSSR count). The van der Waals surface area contributed by atoms with Gasteiger partial charge in [0, 0.05) is 18.0 Å². The lowest BCUT2D eigenvalue weighted by atomic mass is 10.1. The molecule has 0 radical (unpaired) electrons. The molecule has 1 aromatic carbocycles. The summed E-state index contributed by atoms with van der Waals surface area (Å²) in [6.45, 7) is 1.75.